The Morgan fingerprint density at radius 2 is 1.67 bits per heavy atom. The van der Waals surface area contributed by atoms with E-state index in [1.165, 1.54) is 0 Å². The lowest BCUT2D eigenvalue weighted by atomic mass is 9.81. The number of amidine groups is 1. The summed E-state index contributed by atoms with van der Waals surface area (Å²) in [6.45, 7) is 2.19. The molecule has 1 heterocycles. The number of hydrogen-bond donors (Lipinski definition) is 0. The summed E-state index contributed by atoms with van der Waals surface area (Å²) < 4.78 is 0. The van der Waals surface area contributed by atoms with Crippen LogP contribution in [-0.4, -0.2) is 16.9 Å². The molecule has 2 aromatic carbocycles. The topological polar surface area (TPSA) is 24.7 Å². The number of rotatable bonds is 7. The number of hydrogen-bond acceptors (Lipinski definition) is 3. The maximum atomic E-state index is 5.24. The highest BCUT2D eigenvalue weighted by Crippen LogP contribution is 2.38. The van der Waals surface area contributed by atoms with E-state index in [0.29, 0.717) is 6.42 Å². The van der Waals surface area contributed by atoms with E-state index in [9.17, 15) is 0 Å². The smallest absolute Gasteiger partial charge is 0.134 e. The highest BCUT2D eigenvalue weighted by molar-refractivity contribution is 7.78. The normalized spacial score (nSPS) is 19.7. The second-order valence-electron chi connectivity index (χ2n) is 6.06. The predicted octanol–water partition coefficient (Wildman–Crippen LogP) is 5.36. The number of unbranched alkanes of at least 4 members (excludes halogenated alkanes) is 1. The molecule has 0 aliphatic carbocycles. The molecule has 0 N–H and O–H groups in total. The summed E-state index contributed by atoms with van der Waals surface area (Å²) in [5, 5.41) is 1.79. The maximum Gasteiger partial charge on any atom is 0.134 e. The van der Waals surface area contributed by atoms with Gasteiger partial charge in [-0.2, -0.15) is 0 Å². The van der Waals surface area contributed by atoms with Crippen LogP contribution in [-0.2, 0) is 5.54 Å². The van der Waals surface area contributed by atoms with Gasteiger partial charge in [-0.05, 0) is 22.9 Å². The fourth-order valence-electron chi connectivity index (χ4n) is 3.16. The van der Waals surface area contributed by atoms with E-state index in [1.54, 1.807) is 5.37 Å². The third-order valence-corrected chi connectivity index (χ3v) is 4.55. The SMILES string of the molecule is CCCCC1=NC(CC=S)(c2ccccc2)C(c2ccccc2)=N1. The number of aliphatic imine (C=N–C) groups is 2. The lowest BCUT2D eigenvalue weighted by Crippen LogP contribution is -2.32. The van der Waals surface area contributed by atoms with E-state index < -0.39 is 5.54 Å². The van der Waals surface area contributed by atoms with Crippen molar-refractivity contribution in [1.82, 2.24) is 0 Å². The standard InChI is InChI=1S/C21H22N2S/c1-2-3-14-19-22-20(17-10-6-4-7-11-17)21(23-19,15-16-24)18-12-8-5-9-13-18/h4-13,16H,2-3,14-15H2,1H3. The first-order chi connectivity index (χ1) is 11.8. The van der Waals surface area contributed by atoms with Gasteiger partial charge in [0.1, 0.15) is 11.4 Å². The molecule has 0 fully saturated rings. The van der Waals surface area contributed by atoms with Crippen LogP contribution in [0, 0.1) is 0 Å². The average molecular weight is 334 g/mol. The van der Waals surface area contributed by atoms with Gasteiger partial charge >= 0.3 is 0 Å². The Balaban J connectivity index is 2.13. The largest absolute Gasteiger partial charge is 0.252 e. The fraction of sp³-hybridized carbons (Fsp3) is 0.286. The number of benzene rings is 2. The van der Waals surface area contributed by atoms with Crippen molar-refractivity contribution in [3.8, 4) is 0 Å². The molecule has 1 aliphatic heterocycles. The first-order valence-corrected chi connectivity index (χ1v) is 9.00. The van der Waals surface area contributed by atoms with Crippen LogP contribution in [0.2, 0.25) is 0 Å². The Morgan fingerprint density at radius 1 is 1.00 bits per heavy atom. The van der Waals surface area contributed by atoms with Crippen molar-refractivity contribution in [2.45, 2.75) is 38.1 Å². The zero-order valence-electron chi connectivity index (χ0n) is 14.0. The monoisotopic (exact) mass is 334 g/mol. The summed E-state index contributed by atoms with van der Waals surface area (Å²) in [5.74, 6) is 0.941. The van der Waals surface area contributed by atoms with Gasteiger partial charge in [0, 0.05) is 12.8 Å². The molecular weight excluding hydrogens is 312 g/mol. The Morgan fingerprint density at radius 3 is 2.29 bits per heavy atom. The summed E-state index contributed by atoms with van der Waals surface area (Å²) in [6.07, 6.45) is 3.84. The molecule has 0 radical (unpaired) electrons. The maximum absolute atomic E-state index is 5.24. The van der Waals surface area contributed by atoms with Gasteiger partial charge in [-0.3, -0.25) is 4.99 Å². The summed E-state index contributed by atoms with van der Waals surface area (Å²) in [5.41, 5.74) is 2.79. The van der Waals surface area contributed by atoms with E-state index in [2.05, 4.69) is 55.5 Å². The highest BCUT2D eigenvalue weighted by Gasteiger charge is 2.41. The Labute approximate surface area is 149 Å². The fourth-order valence-corrected chi connectivity index (χ4v) is 3.40. The molecule has 0 spiro atoms. The molecule has 1 unspecified atom stereocenters. The lowest BCUT2D eigenvalue weighted by Gasteiger charge is -2.27. The first-order valence-electron chi connectivity index (χ1n) is 8.52. The summed E-state index contributed by atoms with van der Waals surface area (Å²) in [4.78, 5) is 10.0. The highest BCUT2D eigenvalue weighted by atomic mass is 32.1. The van der Waals surface area contributed by atoms with Crippen LogP contribution >= 0.6 is 12.2 Å². The minimum Gasteiger partial charge on any atom is -0.252 e. The predicted molar refractivity (Wildman–Crippen MR) is 106 cm³/mol. The molecule has 1 atom stereocenters. The van der Waals surface area contributed by atoms with Crippen LogP contribution in [0.1, 0.15) is 43.7 Å². The van der Waals surface area contributed by atoms with Crippen molar-refractivity contribution < 1.29 is 0 Å². The first kappa shape index (κ1) is 16.7. The second kappa shape index (κ2) is 7.63. The minimum absolute atomic E-state index is 0.493. The summed E-state index contributed by atoms with van der Waals surface area (Å²) in [7, 11) is 0. The third-order valence-electron chi connectivity index (χ3n) is 4.38. The molecule has 0 saturated carbocycles. The van der Waals surface area contributed by atoms with Crippen LogP contribution in [0.4, 0.5) is 0 Å². The molecule has 122 valence electrons. The number of thiocarbonyl (C=S) groups is 1. The zero-order chi connectivity index (χ0) is 16.8. The number of nitrogens with zero attached hydrogens (tertiary/aromatic N) is 2. The van der Waals surface area contributed by atoms with E-state index in [0.717, 1.165) is 41.9 Å². The van der Waals surface area contributed by atoms with E-state index in [-0.39, 0.29) is 0 Å². The van der Waals surface area contributed by atoms with Gasteiger partial charge in [0.05, 0.1) is 5.71 Å². The molecule has 0 aromatic heterocycles. The van der Waals surface area contributed by atoms with Crippen LogP contribution in [0.5, 0.6) is 0 Å². The van der Waals surface area contributed by atoms with E-state index in [1.807, 2.05) is 12.1 Å². The summed E-state index contributed by atoms with van der Waals surface area (Å²) in [6, 6.07) is 20.8. The quantitative estimate of drug-likeness (QED) is 0.625. The van der Waals surface area contributed by atoms with Crippen LogP contribution in [0.15, 0.2) is 70.6 Å². The van der Waals surface area contributed by atoms with Gasteiger partial charge in [0.25, 0.3) is 0 Å². The van der Waals surface area contributed by atoms with Crippen LogP contribution < -0.4 is 0 Å². The Hall–Kier alpha value is -2.13. The van der Waals surface area contributed by atoms with Gasteiger partial charge in [-0.25, -0.2) is 4.99 Å². The molecular formula is C21H22N2S. The van der Waals surface area contributed by atoms with Crippen molar-refractivity contribution in [2.24, 2.45) is 9.98 Å². The minimum atomic E-state index is -0.493. The lowest BCUT2D eigenvalue weighted by molar-refractivity contribution is 0.652. The molecule has 0 saturated heterocycles. The van der Waals surface area contributed by atoms with Gasteiger partial charge in [-0.15, -0.1) is 0 Å². The van der Waals surface area contributed by atoms with Crippen LogP contribution in [0.25, 0.3) is 0 Å². The van der Waals surface area contributed by atoms with Crippen molar-refractivity contribution in [3.05, 3.63) is 71.8 Å². The summed E-state index contributed by atoms with van der Waals surface area (Å²) >= 11 is 5.24. The molecule has 3 heteroatoms. The molecule has 0 amide bonds. The molecule has 2 aromatic rings. The Bertz CT molecular complexity index is 750. The van der Waals surface area contributed by atoms with Gasteiger partial charge in [0.2, 0.25) is 0 Å². The van der Waals surface area contributed by atoms with Crippen LogP contribution in [0.3, 0.4) is 0 Å². The van der Waals surface area contributed by atoms with Gasteiger partial charge < -0.3 is 0 Å². The second-order valence-corrected chi connectivity index (χ2v) is 6.39. The molecule has 1 aliphatic rings. The Kier molecular flexibility index (Phi) is 5.31. The molecule has 24 heavy (non-hydrogen) atoms. The van der Waals surface area contributed by atoms with Crippen molar-refractivity contribution in [3.63, 3.8) is 0 Å². The molecule has 3 rings (SSSR count). The average Bonchev–Trinajstić information content (AvgIpc) is 3.01. The van der Waals surface area contributed by atoms with Gasteiger partial charge in [0.15, 0.2) is 0 Å². The van der Waals surface area contributed by atoms with Crippen molar-refractivity contribution >= 4 is 29.1 Å². The third kappa shape index (κ3) is 3.22. The molecule has 2 nitrogen and oxygen atoms in total. The van der Waals surface area contributed by atoms with E-state index in [4.69, 9.17) is 22.2 Å². The van der Waals surface area contributed by atoms with Crippen molar-refractivity contribution in [2.75, 3.05) is 0 Å². The van der Waals surface area contributed by atoms with E-state index >= 15 is 0 Å². The van der Waals surface area contributed by atoms with Crippen molar-refractivity contribution in [1.29, 1.82) is 0 Å². The zero-order valence-corrected chi connectivity index (χ0v) is 14.8. The molecule has 0 bridgehead atoms. The van der Waals surface area contributed by atoms with Gasteiger partial charge in [-0.1, -0.05) is 86.2 Å².